The lowest BCUT2D eigenvalue weighted by Crippen LogP contribution is -2.21. The lowest BCUT2D eigenvalue weighted by molar-refractivity contribution is 0.353. The van der Waals surface area contributed by atoms with Crippen molar-refractivity contribution in [2.45, 2.75) is 39.7 Å². The number of hydrogen-bond donors (Lipinski definition) is 1. The highest BCUT2D eigenvalue weighted by Gasteiger charge is 2.28. The first-order valence-corrected chi connectivity index (χ1v) is 7.09. The molecule has 0 saturated heterocycles. The van der Waals surface area contributed by atoms with Gasteiger partial charge in [0.05, 0.1) is 12.0 Å². The first-order chi connectivity index (χ1) is 9.50. The molecule has 0 bridgehead atoms. The van der Waals surface area contributed by atoms with Crippen molar-refractivity contribution in [1.82, 2.24) is 15.5 Å². The van der Waals surface area contributed by atoms with Gasteiger partial charge in [-0.15, -0.1) is 0 Å². The summed E-state index contributed by atoms with van der Waals surface area (Å²) in [5.41, 5.74) is 0.934. The SMILES string of the molecule is CC(C)CNCc1nc(C(C)(C)c2ccccc2)no1. The fraction of sp³-hybridized carbons (Fsp3) is 0.500. The molecule has 0 radical (unpaired) electrons. The van der Waals surface area contributed by atoms with Crippen LogP contribution in [0, 0.1) is 5.92 Å². The van der Waals surface area contributed by atoms with Crippen LogP contribution < -0.4 is 5.32 Å². The van der Waals surface area contributed by atoms with Gasteiger partial charge in [-0.2, -0.15) is 4.98 Å². The van der Waals surface area contributed by atoms with Crippen LogP contribution in [0.1, 0.15) is 45.0 Å². The molecule has 0 aliphatic heterocycles. The van der Waals surface area contributed by atoms with Gasteiger partial charge in [0.25, 0.3) is 0 Å². The van der Waals surface area contributed by atoms with Gasteiger partial charge in [-0.1, -0.05) is 49.3 Å². The molecular formula is C16H23N3O. The maximum Gasteiger partial charge on any atom is 0.240 e. The van der Waals surface area contributed by atoms with Crippen LogP contribution in [0.4, 0.5) is 0 Å². The molecule has 1 aromatic carbocycles. The van der Waals surface area contributed by atoms with Crippen molar-refractivity contribution in [2.75, 3.05) is 6.54 Å². The molecule has 0 spiro atoms. The van der Waals surface area contributed by atoms with Crippen LogP contribution in [0.2, 0.25) is 0 Å². The van der Waals surface area contributed by atoms with Gasteiger partial charge in [0, 0.05) is 0 Å². The fourth-order valence-corrected chi connectivity index (χ4v) is 2.03. The van der Waals surface area contributed by atoms with E-state index < -0.39 is 0 Å². The zero-order valence-electron chi connectivity index (χ0n) is 12.7. The predicted octanol–water partition coefficient (Wildman–Crippen LogP) is 3.14. The maximum absolute atomic E-state index is 5.33. The quantitative estimate of drug-likeness (QED) is 0.878. The Hall–Kier alpha value is -1.68. The van der Waals surface area contributed by atoms with Gasteiger partial charge in [-0.05, 0) is 31.9 Å². The highest BCUT2D eigenvalue weighted by molar-refractivity contribution is 5.30. The van der Waals surface area contributed by atoms with Crippen LogP contribution in [0.3, 0.4) is 0 Å². The summed E-state index contributed by atoms with van der Waals surface area (Å²) >= 11 is 0. The second-order valence-corrected chi connectivity index (χ2v) is 6.03. The largest absolute Gasteiger partial charge is 0.338 e. The molecule has 4 heteroatoms. The zero-order valence-corrected chi connectivity index (χ0v) is 12.7. The van der Waals surface area contributed by atoms with Crippen LogP contribution in [-0.4, -0.2) is 16.7 Å². The molecule has 0 atom stereocenters. The molecule has 108 valence electrons. The van der Waals surface area contributed by atoms with Crippen molar-refractivity contribution in [3.63, 3.8) is 0 Å². The number of aromatic nitrogens is 2. The first kappa shape index (κ1) is 14.7. The Morgan fingerprint density at radius 2 is 1.90 bits per heavy atom. The van der Waals surface area contributed by atoms with E-state index in [1.165, 1.54) is 5.56 Å². The molecule has 2 rings (SSSR count). The Balaban J connectivity index is 2.08. The second kappa shape index (κ2) is 6.18. The van der Waals surface area contributed by atoms with E-state index in [-0.39, 0.29) is 5.41 Å². The summed E-state index contributed by atoms with van der Waals surface area (Å²) in [7, 11) is 0. The van der Waals surface area contributed by atoms with Gasteiger partial charge < -0.3 is 9.84 Å². The average molecular weight is 273 g/mol. The standard InChI is InChI=1S/C16H23N3O/c1-12(2)10-17-11-14-18-15(19-20-14)16(3,4)13-8-6-5-7-9-13/h5-9,12,17H,10-11H2,1-4H3. The third-order valence-corrected chi connectivity index (χ3v) is 3.35. The Morgan fingerprint density at radius 1 is 1.20 bits per heavy atom. The summed E-state index contributed by atoms with van der Waals surface area (Å²) in [5, 5.41) is 7.45. The Labute approximate surface area is 120 Å². The fourth-order valence-electron chi connectivity index (χ4n) is 2.03. The van der Waals surface area contributed by atoms with Gasteiger partial charge in [0.2, 0.25) is 5.89 Å². The summed E-state index contributed by atoms with van der Waals surface area (Å²) in [6, 6.07) is 10.3. The number of hydrogen-bond acceptors (Lipinski definition) is 4. The van der Waals surface area contributed by atoms with E-state index >= 15 is 0 Å². The van der Waals surface area contributed by atoms with Crippen molar-refractivity contribution in [1.29, 1.82) is 0 Å². The summed E-state index contributed by atoms with van der Waals surface area (Å²) < 4.78 is 5.33. The van der Waals surface area contributed by atoms with Crippen molar-refractivity contribution >= 4 is 0 Å². The van der Waals surface area contributed by atoms with E-state index in [0.717, 1.165) is 12.4 Å². The number of nitrogens with zero attached hydrogens (tertiary/aromatic N) is 2. The molecule has 0 aliphatic carbocycles. The first-order valence-electron chi connectivity index (χ1n) is 7.09. The molecule has 0 aliphatic rings. The molecular weight excluding hydrogens is 250 g/mol. The van der Waals surface area contributed by atoms with Crippen molar-refractivity contribution in [3.8, 4) is 0 Å². The van der Waals surface area contributed by atoms with Crippen LogP contribution >= 0.6 is 0 Å². The van der Waals surface area contributed by atoms with Crippen LogP contribution in [0.25, 0.3) is 0 Å². The van der Waals surface area contributed by atoms with Crippen LogP contribution in [0.5, 0.6) is 0 Å². The van der Waals surface area contributed by atoms with E-state index in [9.17, 15) is 0 Å². The maximum atomic E-state index is 5.33. The minimum atomic E-state index is -0.249. The lowest BCUT2D eigenvalue weighted by Gasteiger charge is -2.20. The minimum absolute atomic E-state index is 0.249. The van der Waals surface area contributed by atoms with E-state index in [1.807, 2.05) is 18.2 Å². The average Bonchev–Trinajstić information content (AvgIpc) is 2.89. The zero-order chi connectivity index (χ0) is 14.6. The Morgan fingerprint density at radius 3 is 2.55 bits per heavy atom. The van der Waals surface area contributed by atoms with Gasteiger partial charge in [-0.25, -0.2) is 0 Å². The van der Waals surface area contributed by atoms with E-state index in [2.05, 4.69) is 55.3 Å². The summed E-state index contributed by atoms with van der Waals surface area (Å²) in [5.74, 6) is 1.98. The van der Waals surface area contributed by atoms with Crippen LogP contribution in [-0.2, 0) is 12.0 Å². The van der Waals surface area contributed by atoms with Gasteiger partial charge in [0.1, 0.15) is 0 Å². The van der Waals surface area contributed by atoms with Gasteiger partial charge >= 0.3 is 0 Å². The van der Waals surface area contributed by atoms with E-state index in [1.54, 1.807) is 0 Å². The summed E-state index contributed by atoms with van der Waals surface area (Å²) in [6.07, 6.45) is 0. The molecule has 4 nitrogen and oxygen atoms in total. The predicted molar refractivity (Wildman–Crippen MR) is 79.4 cm³/mol. The van der Waals surface area contributed by atoms with Crippen molar-refractivity contribution < 1.29 is 4.52 Å². The number of nitrogens with one attached hydrogen (secondary N) is 1. The molecule has 1 N–H and O–H groups in total. The molecule has 20 heavy (non-hydrogen) atoms. The second-order valence-electron chi connectivity index (χ2n) is 6.03. The molecule has 1 aromatic heterocycles. The Kier molecular flexibility index (Phi) is 4.55. The normalized spacial score (nSPS) is 12.1. The molecule has 0 amide bonds. The topological polar surface area (TPSA) is 51.0 Å². The van der Waals surface area contributed by atoms with Gasteiger partial charge in [0.15, 0.2) is 5.82 Å². The monoisotopic (exact) mass is 273 g/mol. The minimum Gasteiger partial charge on any atom is -0.338 e. The highest BCUT2D eigenvalue weighted by atomic mass is 16.5. The summed E-state index contributed by atoms with van der Waals surface area (Å²) in [4.78, 5) is 4.51. The van der Waals surface area contributed by atoms with E-state index in [4.69, 9.17) is 4.52 Å². The molecule has 2 aromatic rings. The molecule has 0 saturated carbocycles. The smallest absolute Gasteiger partial charge is 0.240 e. The summed E-state index contributed by atoms with van der Waals surface area (Å²) in [6.45, 7) is 10.1. The third-order valence-electron chi connectivity index (χ3n) is 3.35. The number of rotatable bonds is 6. The Bertz CT molecular complexity index is 532. The van der Waals surface area contributed by atoms with Crippen LogP contribution in [0.15, 0.2) is 34.9 Å². The van der Waals surface area contributed by atoms with Crippen molar-refractivity contribution in [2.24, 2.45) is 5.92 Å². The highest BCUT2D eigenvalue weighted by Crippen LogP contribution is 2.28. The molecule has 0 unspecified atom stereocenters. The molecule has 0 fully saturated rings. The molecule has 1 heterocycles. The lowest BCUT2D eigenvalue weighted by atomic mass is 9.84. The third kappa shape index (κ3) is 3.45. The van der Waals surface area contributed by atoms with E-state index in [0.29, 0.717) is 18.4 Å². The number of benzene rings is 1. The van der Waals surface area contributed by atoms with Crippen molar-refractivity contribution in [3.05, 3.63) is 47.6 Å². The van der Waals surface area contributed by atoms with Gasteiger partial charge in [-0.3, -0.25) is 0 Å².